The molecule has 9 nitrogen and oxygen atoms in total. The molecule has 0 radical (unpaired) electrons. The molecule has 0 aromatic carbocycles. The van der Waals surface area contributed by atoms with Crippen molar-refractivity contribution >= 4 is 22.2 Å². The predicted molar refractivity (Wildman–Crippen MR) is 71.1 cm³/mol. The first-order valence-corrected chi connectivity index (χ1v) is 7.81. The van der Waals surface area contributed by atoms with Gasteiger partial charge in [0.15, 0.2) is 0 Å². The summed E-state index contributed by atoms with van der Waals surface area (Å²) in [6, 6.07) is -0.893. The molecule has 0 aromatic rings. The van der Waals surface area contributed by atoms with Gasteiger partial charge in [-0.1, -0.05) is 0 Å². The minimum absolute atomic E-state index is 0.0582. The van der Waals surface area contributed by atoms with Crippen molar-refractivity contribution in [1.29, 1.82) is 0 Å². The molecule has 1 fully saturated rings. The maximum absolute atomic E-state index is 12.1. The van der Waals surface area contributed by atoms with Crippen LogP contribution in [0.15, 0.2) is 0 Å². The Morgan fingerprint density at radius 3 is 2.70 bits per heavy atom. The fourth-order valence-corrected chi connectivity index (χ4v) is 3.04. The Morgan fingerprint density at radius 1 is 1.40 bits per heavy atom. The standard InChI is InChI=1S/C10H20N4O5S/c1-3-12-9(15)8-7-11-5-6-14(8)20(17,18)13-10(16)19-4-2/h8,11H,3-7H2,1-2H3,(H,12,15)(H,13,16). The average Bonchev–Trinajstić information content (AvgIpc) is 2.38. The molecular weight excluding hydrogens is 288 g/mol. The van der Waals surface area contributed by atoms with E-state index in [0.29, 0.717) is 13.1 Å². The van der Waals surface area contributed by atoms with Gasteiger partial charge in [-0.15, -0.1) is 0 Å². The van der Waals surface area contributed by atoms with Crippen LogP contribution in [-0.2, 0) is 19.7 Å². The first kappa shape index (κ1) is 16.7. The lowest BCUT2D eigenvalue weighted by Gasteiger charge is -2.33. The summed E-state index contributed by atoms with van der Waals surface area (Å²) in [5.74, 6) is -0.408. The van der Waals surface area contributed by atoms with Gasteiger partial charge in [0.1, 0.15) is 6.04 Å². The lowest BCUT2D eigenvalue weighted by Crippen LogP contribution is -2.62. The van der Waals surface area contributed by atoms with Gasteiger partial charge in [0, 0.05) is 26.2 Å². The molecule has 0 aromatic heterocycles. The monoisotopic (exact) mass is 308 g/mol. The van der Waals surface area contributed by atoms with Crippen LogP contribution >= 0.6 is 0 Å². The van der Waals surface area contributed by atoms with E-state index in [1.165, 1.54) is 0 Å². The zero-order valence-electron chi connectivity index (χ0n) is 11.5. The van der Waals surface area contributed by atoms with Crippen molar-refractivity contribution in [3.8, 4) is 0 Å². The van der Waals surface area contributed by atoms with Crippen LogP contribution in [0, 0.1) is 0 Å². The number of ether oxygens (including phenoxy) is 1. The van der Waals surface area contributed by atoms with Crippen LogP contribution in [0.5, 0.6) is 0 Å². The highest BCUT2D eigenvalue weighted by Gasteiger charge is 2.37. The van der Waals surface area contributed by atoms with Crippen LogP contribution in [0.4, 0.5) is 4.79 Å². The topological polar surface area (TPSA) is 117 Å². The summed E-state index contributed by atoms with van der Waals surface area (Å²) in [6.45, 7) is 4.45. The quantitative estimate of drug-likeness (QED) is 0.562. The van der Waals surface area contributed by atoms with Gasteiger partial charge in [-0.25, -0.2) is 9.52 Å². The van der Waals surface area contributed by atoms with Gasteiger partial charge in [-0.05, 0) is 13.8 Å². The highest BCUT2D eigenvalue weighted by atomic mass is 32.2. The molecule has 1 aliphatic rings. The second-order valence-electron chi connectivity index (χ2n) is 4.05. The lowest BCUT2D eigenvalue weighted by molar-refractivity contribution is -0.125. The summed E-state index contributed by atoms with van der Waals surface area (Å²) in [4.78, 5) is 23.1. The summed E-state index contributed by atoms with van der Waals surface area (Å²) in [5.41, 5.74) is 0. The average molecular weight is 308 g/mol. The highest BCUT2D eigenvalue weighted by molar-refractivity contribution is 7.87. The maximum atomic E-state index is 12.1. The van der Waals surface area contributed by atoms with Crippen molar-refractivity contribution in [2.75, 3.05) is 32.8 Å². The normalized spacial score (nSPS) is 20.2. The van der Waals surface area contributed by atoms with E-state index < -0.39 is 28.3 Å². The summed E-state index contributed by atoms with van der Waals surface area (Å²) >= 11 is 0. The van der Waals surface area contributed by atoms with Crippen molar-refractivity contribution in [1.82, 2.24) is 19.7 Å². The summed E-state index contributed by atoms with van der Waals surface area (Å²) < 4.78 is 31.5. The molecule has 0 bridgehead atoms. The first-order chi connectivity index (χ1) is 9.42. The van der Waals surface area contributed by atoms with Crippen molar-refractivity contribution in [3.05, 3.63) is 0 Å². The second kappa shape index (κ2) is 7.41. The smallest absolute Gasteiger partial charge is 0.421 e. The number of nitrogens with zero attached hydrogens (tertiary/aromatic N) is 1. The molecule has 2 amide bonds. The number of hydrogen-bond acceptors (Lipinski definition) is 6. The van der Waals surface area contributed by atoms with Gasteiger partial charge >= 0.3 is 16.3 Å². The highest BCUT2D eigenvalue weighted by Crippen LogP contribution is 2.09. The third kappa shape index (κ3) is 4.32. The molecule has 1 saturated heterocycles. The molecule has 0 aliphatic carbocycles. The Bertz CT molecular complexity index is 453. The molecule has 20 heavy (non-hydrogen) atoms. The van der Waals surface area contributed by atoms with E-state index in [4.69, 9.17) is 0 Å². The summed E-state index contributed by atoms with van der Waals surface area (Å²) in [7, 11) is -4.11. The Balaban J connectivity index is 2.83. The molecule has 116 valence electrons. The number of carbonyl (C=O) groups excluding carboxylic acids is 2. The van der Waals surface area contributed by atoms with E-state index in [1.54, 1.807) is 18.6 Å². The fraction of sp³-hybridized carbons (Fsp3) is 0.800. The van der Waals surface area contributed by atoms with Crippen LogP contribution in [-0.4, -0.2) is 63.6 Å². The third-order valence-corrected chi connectivity index (χ3v) is 4.12. The molecule has 1 unspecified atom stereocenters. The van der Waals surface area contributed by atoms with Crippen LogP contribution in [0.2, 0.25) is 0 Å². The van der Waals surface area contributed by atoms with Crippen molar-refractivity contribution < 1.29 is 22.7 Å². The molecule has 10 heteroatoms. The van der Waals surface area contributed by atoms with E-state index in [-0.39, 0.29) is 19.7 Å². The Hall–Kier alpha value is -1.39. The molecule has 0 spiro atoms. The molecular formula is C10H20N4O5S. The minimum Gasteiger partial charge on any atom is -0.449 e. The number of nitrogens with one attached hydrogen (secondary N) is 3. The van der Waals surface area contributed by atoms with Gasteiger partial charge in [0.25, 0.3) is 0 Å². The minimum atomic E-state index is -4.11. The maximum Gasteiger partial charge on any atom is 0.421 e. The number of amides is 2. The zero-order chi connectivity index (χ0) is 15.2. The summed E-state index contributed by atoms with van der Waals surface area (Å²) in [6.07, 6.45) is -1.05. The van der Waals surface area contributed by atoms with E-state index in [2.05, 4.69) is 15.4 Å². The third-order valence-electron chi connectivity index (χ3n) is 2.64. The van der Waals surface area contributed by atoms with Gasteiger partial charge in [-0.3, -0.25) is 4.79 Å². The largest absolute Gasteiger partial charge is 0.449 e. The van der Waals surface area contributed by atoms with Crippen molar-refractivity contribution in [2.24, 2.45) is 0 Å². The van der Waals surface area contributed by atoms with Crippen molar-refractivity contribution in [3.63, 3.8) is 0 Å². The Kier molecular flexibility index (Phi) is 6.17. The number of rotatable bonds is 5. The molecule has 1 aliphatic heterocycles. The van der Waals surface area contributed by atoms with Crippen molar-refractivity contribution in [2.45, 2.75) is 19.9 Å². The van der Waals surface area contributed by atoms with E-state index >= 15 is 0 Å². The fourth-order valence-electron chi connectivity index (χ4n) is 1.81. The van der Waals surface area contributed by atoms with Crippen LogP contribution in [0.1, 0.15) is 13.8 Å². The lowest BCUT2D eigenvalue weighted by atomic mass is 10.2. The number of carbonyl (C=O) groups is 2. The molecule has 3 N–H and O–H groups in total. The predicted octanol–water partition coefficient (Wildman–Crippen LogP) is -1.61. The number of likely N-dealkylation sites (N-methyl/N-ethyl adjacent to an activating group) is 1. The van der Waals surface area contributed by atoms with Crippen LogP contribution in [0.25, 0.3) is 0 Å². The molecule has 1 atom stereocenters. The molecule has 0 saturated carbocycles. The SMILES string of the molecule is CCNC(=O)C1CNCCN1S(=O)(=O)NC(=O)OCC. The Morgan fingerprint density at radius 2 is 2.10 bits per heavy atom. The number of hydrogen-bond donors (Lipinski definition) is 3. The van der Waals surface area contributed by atoms with Gasteiger partial charge in [-0.2, -0.15) is 12.7 Å². The second-order valence-corrected chi connectivity index (χ2v) is 5.68. The zero-order valence-corrected chi connectivity index (χ0v) is 12.3. The molecule has 1 rings (SSSR count). The van der Waals surface area contributed by atoms with E-state index in [9.17, 15) is 18.0 Å². The van der Waals surface area contributed by atoms with E-state index in [0.717, 1.165) is 4.31 Å². The summed E-state index contributed by atoms with van der Waals surface area (Å²) in [5, 5.41) is 5.51. The van der Waals surface area contributed by atoms with Gasteiger partial charge in [0.05, 0.1) is 6.61 Å². The Labute approximate surface area is 118 Å². The number of piperazine rings is 1. The first-order valence-electron chi connectivity index (χ1n) is 6.37. The van der Waals surface area contributed by atoms with Crippen LogP contribution in [0.3, 0.4) is 0 Å². The van der Waals surface area contributed by atoms with Crippen LogP contribution < -0.4 is 15.4 Å². The molecule has 1 heterocycles. The van der Waals surface area contributed by atoms with E-state index in [1.807, 2.05) is 0 Å². The van der Waals surface area contributed by atoms with Gasteiger partial charge < -0.3 is 15.4 Å². The van der Waals surface area contributed by atoms with Gasteiger partial charge in [0.2, 0.25) is 5.91 Å².